The molecule has 0 aliphatic rings. The predicted octanol–water partition coefficient (Wildman–Crippen LogP) is 4.01. The maximum atomic E-state index is 13.7. The van der Waals surface area contributed by atoms with Crippen LogP contribution in [0.5, 0.6) is 11.5 Å². The Bertz CT molecular complexity index is 1010. The van der Waals surface area contributed by atoms with E-state index in [1.807, 2.05) is 30.3 Å². The highest BCUT2D eigenvalue weighted by Gasteiger charge is 2.13. The zero-order valence-electron chi connectivity index (χ0n) is 15.7. The average Bonchev–Trinajstić information content (AvgIpc) is 2.76. The van der Waals surface area contributed by atoms with Gasteiger partial charge in [-0.2, -0.15) is 0 Å². The molecule has 6 nitrogen and oxygen atoms in total. The Hall–Kier alpha value is -3.39. The summed E-state index contributed by atoms with van der Waals surface area (Å²) in [5, 5.41) is 0. The molecule has 0 aliphatic carbocycles. The molecule has 0 heterocycles. The van der Waals surface area contributed by atoms with Gasteiger partial charge in [-0.25, -0.2) is 4.39 Å². The number of hydrazine groups is 1. The van der Waals surface area contributed by atoms with E-state index in [9.17, 15) is 14.0 Å². The molecule has 0 aliphatic heterocycles. The predicted molar refractivity (Wildman–Crippen MR) is 112 cm³/mol. The van der Waals surface area contributed by atoms with Gasteiger partial charge >= 0.3 is 0 Å². The van der Waals surface area contributed by atoms with Crippen LogP contribution in [0.3, 0.4) is 0 Å². The van der Waals surface area contributed by atoms with Crippen LogP contribution in [0.4, 0.5) is 4.39 Å². The minimum absolute atomic E-state index is 0.189. The monoisotopic (exact) mass is 472 g/mol. The third kappa shape index (κ3) is 6.31. The highest BCUT2D eigenvalue weighted by atomic mass is 79.9. The molecule has 0 bridgehead atoms. The summed E-state index contributed by atoms with van der Waals surface area (Å²) < 4.78 is 25.3. The molecule has 0 saturated carbocycles. The molecule has 0 aromatic heterocycles. The van der Waals surface area contributed by atoms with Crippen molar-refractivity contribution in [2.75, 3.05) is 6.61 Å². The number of hydrogen-bond donors (Lipinski definition) is 2. The Morgan fingerprint density at radius 3 is 2.20 bits per heavy atom. The van der Waals surface area contributed by atoms with Gasteiger partial charge in [0.2, 0.25) is 0 Å². The zero-order valence-corrected chi connectivity index (χ0v) is 17.3. The van der Waals surface area contributed by atoms with Gasteiger partial charge in [0.15, 0.2) is 6.61 Å². The SMILES string of the molecule is O=C(COc1ccc(OCc2ccccc2)cc1)NNC(=O)c1ccc(Br)cc1F. The first-order chi connectivity index (χ1) is 14.5. The number of carbonyl (C=O) groups is 2. The van der Waals surface area contributed by atoms with E-state index in [-0.39, 0.29) is 12.2 Å². The van der Waals surface area contributed by atoms with Gasteiger partial charge in [-0.05, 0) is 48.0 Å². The molecule has 2 N–H and O–H groups in total. The Morgan fingerprint density at radius 2 is 1.53 bits per heavy atom. The van der Waals surface area contributed by atoms with E-state index in [2.05, 4.69) is 26.8 Å². The Balaban J connectivity index is 1.41. The van der Waals surface area contributed by atoms with E-state index in [4.69, 9.17) is 9.47 Å². The first-order valence-electron chi connectivity index (χ1n) is 8.95. The molecule has 3 aromatic carbocycles. The molecule has 30 heavy (non-hydrogen) atoms. The molecule has 0 atom stereocenters. The second-order valence-corrected chi connectivity index (χ2v) is 7.08. The van der Waals surface area contributed by atoms with Crippen molar-refractivity contribution < 1.29 is 23.5 Å². The summed E-state index contributed by atoms with van der Waals surface area (Å²) in [5.41, 5.74) is 5.19. The number of halogens is 2. The first kappa shape index (κ1) is 21.3. The van der Waals surface area contributed by atoms with E-state index < -0.39 is 17.6 Å². The second-order valence-electron chi connectivity index (χ2n) is 6.16. The lowest BCUT2D eigenvalue weighted by Gasteiger charge is -2.10. The van der Waals surface area contributed by atoms with Crippen LogP contribution in [-0.4, -0.2) is 18.4 Å². The van der Waals surface area contributed by atoms with Crippen molar-refractivity contribution in [2.24, 2.45) is 0 Å². The van der Waals surface area contributed by atoms with Crippen molar-refractivity contribution in [3.05, 3.63) is 94.2 Å². The molecule has 0 saturated heterocycles. The topological polar surface area (TPSA) is 76.7 Å². The fourth-order valence-corrected chi connectivity index (χ4v) is 2.76. The number of nitrogens with one attached hydrogen (secondary N) is 2. The van der Waals surface area contributed by atoms with E-state index in [1.165, 1.54) is 12.1 Å². The van der Waals surface area contributed by atoms with Crippen LogP contribution < -0.4 is 20.3 Å². The third-order valence-electron chi connectivity index (χ3n) is 3.93. The van der Waals surface area contributed by atoms with Crippen LogP contribution >= 0.6 is 15.9 Å². The summed E-state index contributed by atoms with van der Waals surface area (Å²) in [6.07, 6.45) is 0. The molecule has 3 aromatic rings. The molecule has 0 fully saturated rings. The fraction of sp³-hybridized carbons (Fsp3) is 0.0909. The van der Waals surface area contributed by atoms with Crippen LogP contribution in [0.15, 0.2) is 77.3 Å². The second kappa shape index (κ2) is 10.4. The van der Waals surface area contributed by atoms with Crippen LogP contribution in [-0.2, 0) is 11.4 Å². The molecule has 8 heteroatoms. The van der Waals surface area contributed by atoms with Gasteiger partial charge in [0.05, 0.1) is 5.56 Å². The van der Waals surface area contributed by atoms with Gasteiger partial charge < -0.3 is 9.47 Å². The molecule has 2 amide bonds. The average molecular weight is 473 g/mol. The molecular weight excluding hydrogens is 455 g/mol. The largest absolute Gasteiger partial charge is 0.489 e. The summed E-state index contributed by atoms with van der Waals surface area (Å²) in [6, 6.07) is 20.6. The quantitative estimate of drug-likeness (QED) is 0.509. The third-order valence-corrected chi connectivity index (χ3v) is 4.43. The van der Waals surface area contributed by atoms with Crippen molar-refractivity contribution in [1.29, 1.82) is 0 Å². The van der Waals surface area contributed by atoms with Crippen molar-refractivity contribution in [1.82, 2.24) is 10.9 Å². The number of hydrogen-bond acceptors (Lipinski definition) is 4. The number of rotatable bonds is 7. The summed E-state index contributed by atoms with van der Waals surface area (Å²) in [7, 11) is 0. The van der Waals surface area contributed by atoms with Crippen molar-refractivity contribution in [3.63, 3.8) is 0 Å². The lowest BCUT2D eigenvalue weighted by molar-refractivity contribution is -0.123. The molecule has 0 unspecified atom stereocenters. The summed E-state index contributed by atoms with van der Waals surface area (Å²) >= 11 is 3.11. The summed E-state index contributed by atoms with van der Waals surface area (Å²) in [4.78, 5) is 23.8. The van der Waals surface area contributed by atoms with E-state index in [1.54, 1.807) is 24.3 Å². The van der Waals surface area contributed by atoms with Gasteiger partial charge in [-0.1, -0.05) is 46.3 Å². The van der Waals surface area contributed by atoms with E-state index >= 15 is 0 Å². The van der Waals surface area contributed by atoms with Crippen LogP contribution in [0.25, 0.3) is 0 Å². The van der Waals surface area contributed by atoms with Gasteiger partial charge in [-0.15, -0.1) is 0 Å². The maximum absolute atomic E-state index is 13.7. The minimum Gasteiger partial charge on any atom is -0.489 e. The normalized spacial score (nSPS) is 10.2. The van der Waals surface area contributed by atoms with Crippen molar-refractivity contribution >= 4 is 27.7 Å². The zero-order chi connectivity index (χ0) is 21.3. The van der Waals surface area contributed by atoms with Crippen molar-refractivity contribution in [3.8, 4) is 11.5 Å². The van der Waals surface area contributed by atoms with E-state index in [0.29, 0.717) is 22.6 Å². The molecule has 0 radical (unpaired) electrons. The smallest absolute Gasteiger partial charge is 0.276 e. The lowest BCUT2D eigenvalue weighted by atomic mass is 10.2. The van der Waals surface area contributed by atoms with Crippen LogP contribution in [0.1, 0.15) is 15.9 Å². The van der Waals surface area contributed by atoms with Crippen molar-refractivity contribution in [2.45, 2.75) is 6.61 Å². The highest BCUT2D eigenvalue weighted by molar-refractivity contribution is 9.10. The van der Waals surface area contributed by atoms with Gasteiger partial charge in [-0.3, -0.25) is 20.4 Å². The number of carbonyl (C=O) groups excluding carboxylic acids is 2. The number of ether oxygens (including phenoxy) is 2. The Morgan fingerprint density at radius 1 is 0.867 bits per heavy atom. The molecule has 0 spiro atoms. The minimum atomic E-state index is -0.770. The van der Waals surface area contributed by atoms with Gasteiger partial charge in [0.25, 0.3) is 11.8 Å². The summed E-state index contributed by atoms with van der Waals surface area (Å²) in [5.74, 6) is -0.942. The first-order valence-corrected chi connectivity index (χ1v) is 9.74. The Labute approximate surface area is 181 Å². The standard InChI is InChI=1S/C22H18BrFN2O4/c23-16-6-11-19(20(24)12-16)22(28)26-25-21(27)14-30-18-9-7-17(8-10-18)29-13-15-4-2-1-3-5-15/h1-12H,13-14H2,(H,25,27)(H,26,28). The highest BCUT2D eigenvalue weighted by Crippen LogP contribution is 2.19. The van der Waals surface area contributed by atoms with Gasteiger partial charge in [0, 0.05) is 4.47 Å². The molecular formula is C22H18BrFN2O4. The molecule has 3 rings (SSSR count). The molecule has 154 valence electrons. The fourth-order valence-electron chi connectivity index (χ4n) is 2.43. The van der Waals surface area contributed by atoms with E-state index in [0.717, 1.165) is 11.6 Å². The number of benzene rings is 3. The lowest BCUT2D eigenvalue weighted by Crippen LogP contribution is -2.44. The van der Waals surface area contributed by atoms with Crippen LogP contribution in [0.2, 0.25) is 0 Å². The van der Waals surface area contributed by atoms with Crippen LogP contribution in [0, 0.1) is 5.82 Å². The van der Waals surface area contributed by atoms with Gasteiger partial charge in [0.1, 0.15) is 23.9 Å². The number of amides is 2. The Kier molecular flexibility index (Phi) is 7.40. The maximum Gasteiger partial charge on any atom is 0.276 e. The summed E-state index contributed by atoms with van der Waals surface area (Å²) in [6.45, 7) is 0.120.